The van der Waals surface area contributed by atoms with E-state index in [1.54, 1.807) is 48.9 Å². The normalized spacial score (nSPS) is 10.1. The molecule has 0 radical (unpaired) electrons. The van der Waals surface area contributed by atoms with Crippen molar-refractivity contribution in [1.82, 2.24) is 19.9 Å². The summed E-state index contributed by atoms with van der Waals surface area (Å²) in [7, 11) is 1.35. The van der Waals surface area contributed by atoms with Gasteiger partial charge in [0.05, 0.1) is 49.4 Å². The first-order valence-corrected chi connectivity index (χ1v) is 14.8. The quantitative estimate of drug-likeness (QED) is 0.161. The van der Waals surface area contributed by atoms with E-state index in [1.807, 2.05) is 24.3 Å². The average Bonchev–Trinajstić information content (AvgIpc) is 3.01. The molecule has 4 heterocycles. The Morgan fingerprint density at radius 1 is 0.688 bits per heavy atom. The Bertz CT molecular complexity index is 2080. The van der Waals surface area contributed by atoms with Crippen LogP contribution >= 0.6 is 46.4 Å². The maximum atomic E-state index is 11.6. The van der Waals surface area contributed by atoms with Crippen LogP contribution in [0.25, 0.3) is 21.8 Å². The summed E-state index contributed by atoms with van der Waals surface area (Å²) in [5.41, 5.74) is 5.34. The van der Waals surface area contributed by atoms with Gasteiger partial charge in [0.2, 0.25) is 0 Å². The van der Waals surface area contributed by atoms with Crippen molar-refractivity contribution in [2.24, 2.45) is 0 Å². The predicted octanol–water partition coefficient (Wildman–Crippen LogP) is 6.00. The van der Waals surface area contributed by atoms with Crippen LogP contribution in [0.1, 0.15) is 50.7 Å². The predicted molar refractivity (Wildman–Crippen MR) is 185 cm³/mol. The summed E-state index contributed by atoms with van der Waals surface area (Å²) in [6.45, 7) is 0. The van der Waals surface area contributed by atoms with E-state index < -0.39 is 5.97 Å². The fourth-order valence-corrected chi connectivity index (χ4v) is 5.55. The van der Waals surface area contributed by atoms with Crippen LogP contribution in [0.15, 0.2) is 85.5 Å². The molecule has 0 saturated heterocycles. The molecule has 0 unspecified atom stereocenters. The number of carbonyl (C=O) groups excluding carboxylic acids is 1. The van der Waals surface area contributed by atoms with Gasteiger partial charge < -0.3 is 15.3 Å². The molecule has 6 rings (SSSR count). The molecule has 9 nitrogen and oxygen atoms in total. The van der Waals surface area contributed by atoms with Crippen molar-refractivity contribution >= 4 is 80.1 Å². The summed E-state index contributed by atoms with van der Waals surface area (Å²) < 4.78 is 4.72. The largest absolute Gasteiger partial charge is 1.00 e. The van der Waals surface area contributed by atoms with Crippen LogP contribution < -0.4 is 29.6 Å². The summed E-state index contributed by atoms with van der Waals surface area (Å²) in [6, 6.07) is 17.5. The van der Waals surface area contributed by atoms with Crippen molar-refractivity contribution in [1.29, 1.82) is 0 Å². The Hall–Kier alpha value is -3.38. The zero-order valence-corrected chi connectivity index (χ0v) is 29.9. The SMILES string of the molecule is C.COC(=O)c1ccnc(Cc2cc(Cl)c3ncc(Cl)cc3c2)c1.O=C(O)c1ccnc(Cc2cc(Cl)c3ncc(Cl)cc3c2)c1.[Na+].[OH-]. The van der Waals surface area contributed by atoms with Gasteiger partial charge in [-0.2, -0.15) is 0 Å². The van der Waals surface area contributed by atoms with E-state index in [1.165, 1.54) is 19.4 Å². The number of nitrogens with zero attached hydrogens (tertiary/aromatic N) is 4. The van der Waals surface area contributed by atoms with E-state index in [2.05, 4.69) is 19.9 Å². The fourth-order valence-electron chi connectivity index (χ4n) is 4.62. The number of methoxy groups -OCH3 is 1. The number of carboxylic acid groups (broad SMARTS) is 1. The zero-order chi connectivity index (χ0) is 32.1. The summed E-state index contributed by atoms with van der Waals surface area (Å²) in [4.78, 5) is 39.5. The number of carboxylic acids is 1. The van der Waals surface area contributed by atoms with Crippen molar-refractivity contribution in [3.8, 4) is 0 Å². The molecule has 0 saturated carbocycles. The maximum Gasteiger partial charge on any atom is 1.00 e. The van der Waals surface area contributed by atoms with Gasteiger partial charge in [-0.05, 0) is 71.8 Å². The van der Waals surface area contributed by atoms with Crippen molar-refractivity contribution < 1.29 is 54.5 Å². The van der Waals surface area contributed by atoms with Crippen LogP contribution in [0.2, 0.25) is 20.1 Å². The van der Waals surface area contributed by atoms with Crippen molar-refractivity contribution in [2.75, 3.05) is 7.11 Å². The van der Waals surface area contributed by atoms with Crippen LogP contribution in [-0.2, 0) is 17.6 Å². The van der Waals surface area contributed by atoms with Gasteiger partial charge in [-0.15, -0.1) is 0 Å². The van der Waals surface area contributed by atoms with E-state index in [4.69, 9.17) is 56.2 Å². The molecule has 14 heteroatoms. The molecule has 0 bridgehead atoms. The third-order valence-electron chi connectivity index (χ3n) is 6.60. The Kier molecular flexibility index (Phi) is 15.6. The molecule has 6 aromatic rings. The van der Waals surface area contributed by atoms with E-state index in [-0.39, 0.29) is 54.0 Å². The minimum atomic E-state index is -0.976. The number of benzene rings is 2. The van der Waals surface area contributed by atoms with Crippen LogP contribution in [0.5, 0.6) is 0 Å². The molecule has 0 aliphatic carbocycles. The average molecular weight is 736 g/mol. The van der Waals surface area contributed by atoms with Gasteiger partial charge in [0.1, 0.15) is 0 Å². The molecule has 0 fully saturated rings. The molecule has 2 aromatic carbocycles. The molecule has 2 N–H and O–H groups in total. The van der Waals surface area contributed by atoms with Gasteiger partial charge in [0, 0.05) is 59.8 Å². The Labute approximate surface area is 318 Å². The number of aromatic nitrogens is 4. The zero-order valence-electron chi connectivity index (χ0n) is 24.9. The van der Waals surface area contributed by atoms with Gasteiger partial charge in [-0.25, -0.2) is 9.59 Å². The number of aromatic carboxylic acids is 1. The molecular formula is C34H27Cl4N4NaO5. The number of hydrogen-bond donors (Lipinski definition) is 1. The smallest absolute Gasteiger partial charge is 0.870 e. The summed E-state index contributed by atoms with van der Waals surface area (Å²) in [6.07, 6.45) is 7.20. The first kappa shape index (κ1) is 40.8. The first-order valence-electron chi connectivity index (χ1n) is 13.3. The second kappa shape index (κ2) is 18.4. The van der Waals surface area contributed by atoms with Crippen molar-refractivity contribution in [2.45, 2.75) is 20.3 Å². The number of hydrogen-bond acceptors (Lipinski definition) is 8. The Balaban J connectivity index is 0.000000314. The number of pyridine rings is 4. The Morgan fingerprint density at radius 3 is 1.56 bits per heavy atom. The number of fused-ring (bicyclic) bond motifs is 2. The minimum absolute atomic E-state index is 0. The standard InChI is InChI=1S/C17H12Cl2N2O2.C16H10Cl2N2O2.CH4.Na.H2O/c1-23-17(22)11-2-3-20-14(8-11)5-10-4-12-7-13(18)9-21-16(12)15(19)6-10;17-12-6-11-3-9(5-14(18)15(11)20-8-12)4-13-7-10(16(21)22)1-2-19-13;;;/h2-4,6-9H,5H2,1H3;1-3,5-8H,4H2,(H,21,22);1H4;;1H2/q;;;+1;/p-1. The van der Waals surface area contributed by atoms with E-state index in [0.717, 1.165) is 27.6 Å². The van der Waals surface area contributed by atoms with E-state index in [0.29, 0.717) is 55.2 Å². The van der Waals surface area contributed by atoms with Crippen LogP contribution in [0, 0.1) is 0 Å². The van der Waals surface area contributed by atoms with Crippen molar-refractivity contribution in [3.05, 3.63) is 139 Å². The Morgan fingerprint density at radius 2 is 1.12 bits per heavy atom. The second-order valence-corrected chi connectivity index (χ2v) is 11.5. The number of esters is 1. The second-order valence-electron chi connectivity index (χ2n) is 9.83. The maximum absolute atomic E-state index is 11.6. The molecule has 0 aliphatic heterocycles. The van der Waals surface area contributed by atoms with Crippen LogP contribution in [-0.4, -0.2) is 49.6 Å². The summed E-state index contributed by atoms with van der Waals surface area (Å²) in [5.74, 6) is -1.36. The van der Waals surface area contributed by atoms with Crippen LogP contribution in [0.4, 0.5) is 0 Å². The topological polar surface area (TPSA) is 145 Å². The number of ether oxygens (including phenoxy) is 1. The van der Waals surface area contributed by atoms with Gasteiger partial charge >= 0.3 is 41.5 Å². The first-order chi connectivity index (χ1) is 21.6. The molecule has 0 spiro atoms. The van der Waals surface area contributed by atoms with Gasteiger partial charge in [0.25, 0.3) is 0 Å². The number of carbonyl (C=O) groups is 2. The third-order valence-corrected chi connectivity index (χ3v) is 7.59. The van der Waals surface area contributed by atoms with E-state index >= 15 is 0 Å². The van der Waals surface area contributed by atoms with Gasteiger partial charge in [-0.3, -0.25) is 19.9 Å². The summed E-state index contributed by atoms with van der Waals surface area (Å²) in [5, 5.41) is 12.9. The molecule has 0 atom stereocenters. The molecule has 4 aromatic heterocycles. The molecule has 0 amide bonds. The summed E-state index contributed by atoms with van der Waals surface area (Å²) >= 11 is 24.5. The monoisotopic (exact) mass is 734 g/mol. The molecular weight excluding hydrogens is 709 g/mol. The number of rotatable bonds is 6. The third kappa shape index (κ3) is 10.3. The van der Waals surface area contributed by atoms with Crippen molar-refractivity contribution in [3.63, 3.8) is 0 Å². The van der Waals surface area contributed by atoms with Gasteiger partial charge in [0.15, 0.2) is 0 Å². The fraction of sp³-hybridized carbons (Fsp3) is 0.118. The molecule has 48 heavy (non-hydrogen) atoms. The van der Waals surface area contributed by atoms with Gasteiger partial charge in [-0.1, -0.05) is 53.8 Å². The molecule has 0 aliphatic rings. The molecule has 242 valence electrons. The van der Waals surface area contributed by atoms with Crippen LogP contribution in [0.3, 0.4) is 0 Å². The van der Waals surface area contributed by atoms with E-state index in [9.17, 15) is 9.59 Å². The minimum Gasteiger partial charge on any atom is -0.870 e. The number of halogens is 4.